The molecule has 160 valence electrons. The molecule has 7 nitrogen and oxygen atoms in total. The number of carbonyl (C=O) groups excluding carboxylic acids is 1. The molecule has 0 amide bonds. The van der Waals surface area contributed by atoms with E-state index in [0.29, 0.717) is 29.1 Å². The van der Waals surface area contributed by atoms with E-state index in [4.69, 9.17) is 13.9 Å². The topological polar surface area (TPSA) is 90.5 Å². The summed E-state index contributed by atoms with van der Waals surface area (Å²) in [7, 11) is 0. The Balaban J connectivity index is 1.44. The van der Waals surface area contributed by atoms with Crippen molar-refractivity contribution in [2.24, 2.45) is 10.2 Å². The largest absolute Gasteiger partial charge is 0.494 e. The van der Waals surface area contributed by atoms with Crippen molar-refractivity contribution in [3.05, 3.63) is 94.3 Å². The summed E-state index contributed by atoms with van der Waals surface area (Å²) >= 11 is 0. The van der Waals surface area contributed by atoms with Gasteiger partial charge in [0.25, 0.3) is 0 Å². The molecule has 0 N–H and O–H groups in total. The first-order valence-electron chi connectivity index (χ1n) is 10.0. The quantitative estimate of drug-likeness (QED) is 0.159. The van der Waals surface area contributed by atoms with Gasteiger partial charge in [-0.25, -0.2) is 9.59 Å². The lowest BCUT2D eigenvalue weighted by Crippen LogP contribution is -2.08. The molecular weight excluding hydrogens is 408 g/mol. The molecule has 0 spiro atoms. The van der Waals surface area contributed by atoms with Gasteiger partial charge in [-0.2, -0.15) is 10.2 Å². The number of azo groups is 1. The first-order chi connectivity index (χ1) is 15.5. The van der Waals surface area contributed by atoms with E-state index in [9.17, 15) is 9.59 Å². The van der Waals surface area contributed by atoms with Gasteiger partial charge in [0.1, 0.15) is 17.1 Å². The smallest absolute Gasteiger partial charge is 0.343 e. The summed E-state index contributed by atoms with van der Waals surface area (Å²) in [6, 6.07) is 20.2. The molecule has 0 saturated heterocycles. The second-order valence-electron chi connectivity index (χ2n) is 6.97. The minimum absolute atomic E-state index is 0.288. The molecule has 0 fully saturated rings. The average molecular weight is 428 g/mol. The highest BCUT2D eigenvalue weighted by Gasteiger charge is 2.11. The zero-order chi connectivity index (χ0) is 22.5. The lowest BCUT2D eigenvalue weighted by molar-refractivity contribution is 0.0735. The zero-order valence-electron chi connectivity index (χ0n) is 17.6. The molecule has 0 aliphatic carbocycles. The third-order valence-corrected chi connectivity index (χ3v) is 4.67. The van der Waals surface area contributed by atoms with Gasteiger partial charge in [0.2, 0.25) is 0 Å². The standard InChI is InChI=1S/C25H20N2O5/c1-3-30-20-10-8-19(9-11-20)27-26-18-6-4-17(5-7-18)25(29)31-21-12-13-22-16(2)14-24(28)32-23(22)15-21/h4-15H,3H2,1-2H3. The van der Waals surface area contributed by atoms with E-state index >= 15 is 0 Å². The van der Waals surface area contributed by atoms with Crippen LogP contribution in [0.25, 0.3) is 11.0 Å². The van der Waals surface area contributed by atoms with Crippen molar-refractivity contribution in [1.29, 1.82) is 0 Å². The minimum Gasteiger partial charge on any atom is -0.494 e. The number of hydrogen-bond acceptors (Lipinski definition) is 7. The van der Waals surface area contributed by atoms with Crippen molar-refractivity contribution < 1.29 is 18.7 Å². The molecule has 0 unspecified atom stereocenters. The van der Waals surface area contributed by atoms with Crippen molar-refractivity contribution in [3.8, 4) is 11.5 Å². The molecule has 7 heteroatoms. The van der Waals surface area contributed by atoms with Gasteiger partial charge in [-0.3, -0.25) is 0 Å². The number of benzene rings is 3. The van der Waals surface area contributed by atoms with E-state index in [2.05, 4.69) is 10.2 Å². The van der Waals surface area contributed by atoms with Crippen molar-refractivity contribution >= 4 is 28.3 Å². The normalized spacial score (nSPS) is 11.1. The average Bonchev–Trinajstić information content (AvgIpc) is 2.79. The molecule has 1 heterocycles. The fraction of sp³-hybridized carbons (Fsp3) is 0.120. The molecule has 4 aromatic rings. The second kappa shape index (κ2) is 9.26. The van der Waals surface area contributed by atoms with Gasteiger partial charge >= 0.3 is 11.6 Å². The Labute approximate surface area is 183 Å². The molecule has 32 heavy (non-hydrogen) atoms. The van der Waals surface area contributed by atoms with Gasteiger partial charge in [-0.1, -0.05) is 0 Å². The van der Waals surface area contributed by atoms with Gasteiger partial charge < -0.3 is 13.9 Å². The van der Waals surface area contributed by atoms with Gasteiger partial charge in [0, 0.05) is 17.5 Å². The van der Waals surface area contributed by atoms with Crippen LogP contribution in [0.3, 0.4) is 0 Å². The highest BCUT2D eigenvalue weighted by atomic mass is 16.5. The molecule has 0 aliphatic rings. The van der Waals surface area contributed by atoms with Gasteiger partial charge in [-0.05, 0) is 80.1 Å². The number of nitrogens with zero attached hydrogens (tertiary/aromatic N) is 2. The van der Waals surface area contributed by atoms with E-state index < -0.39 is 11.6 Å². The van der Waals surface area contributed by atoms with E-state index in [1.165, 1.54) is 12.1 Å². The molecule has 3 aromatic carbocycles. The number of esters is 1. The van der Waals surface area contributed by atoms with Crippen LogP contribution in [0.5, 0.6) is 11.5 Å². The molecule has 1 aromatic heterocycles. The SMILES string of the molecule is CCOc1ccc(N=Nc2ccc(C(=O)Oc3ccc4c(C)cc(=O)oc4c3)cc2)cc1. The molecular formula is C25H20N2O5. The summed E-state index contributed by atoms with van der Waals surface area (Å²) in [4.78, 5) is 24.1. The molecule has 0 bridgehead atoms. The van der Waals surface area contributed by atoms with Crippen LogP contribution in [0.15, 0.2) is 92.2 Å². The second-order valence-corrected chi connectivity index (χ2v) is 6.97. The van der Waals surface area contributed by atoms with Gasteiger partial charge in [0.05, 0.1) is 23.5 Å². The van der Waals surface area contributed by atoms with Crippen molar-refractivity contribution in [2.45, 2.75) is 13.8 Å². The van der Waals surface area contributed by atoms with Crippen molar-refractivity contribution in [1.82, 2.24) is 0 Å². The lowest BCUT2D eigenvalue weighted by Gasteiger charge is -2.06. The van der Waals surface area contributed by atoms with Crippen LogP contribution >= 0.6 is 0 Å². The lowest BCUT2D eigenvalue weighted by atomic mass is 10.1. The third kappa shape index (κ3) is 4.89. The molecule has 0 radical (unpaired) electrons. The molecule has 4 rings (SSSR count). The number of aryl methyl sites for hydroxylation is 1. The van der Waals surface area contributed by atoms with Crippen molar-refractivity contribution in [2.75, 3.05) is 6.61 Å². The summed E-state index contributed by atoms with van der Waals surface area (Å²) in [6.07, 6.45) is 0. The number of rotatable bonds is 6. The highest BCUT2D eigenvalue weighted by Crippen LogP contribution is 2.24. The van der Waals surface area contributed by atoms with E-state index in [-0.39, 0.29) is 5.75 Å². The summed E-state index contributed by atoms with van der Waals surface area (Å²) in [6.45, 7) is 4.35. The van der Waals surface area contributed by atoms with Crippen molar-refractivity contribution in [3.63, 3.8) is 0 Å². The predicted molar refractivity (Wildman–Crippen MR) is 120 cm³/mol. The molecule has 0 aliphatic heterocycles. The van der Waals surface area contributed by atoms with Crippen LogP contribution < -0.4 is 15.1 Å². The number of carbonyl (C=O) groups is 1. The van der Waals surface area contributed by atoms with Gasteiger partial charge in [-0.15, -0.1) is 0 Å². The summed E-state index contributed by atoms with van der Waals surface area (Å²) in [5, 5.41) is 9.14. The summed E-state index contributed by atoms with van der Waals surface area (Å²) in [5.41, 5.74) is 2.35. The number of fused-ring (bicyclic) bond motifs is 1. The monoisotopic (exact) mass is 428 g/mol. The number of hydrogen-bond donors (Lipinski definition) is 0. The molecule has 0 saturated carbocycles. The van der Waals surface area contributed by atoms with Crippen LogP contribution in [0.1, 0.15) is 22.8 Å². The van der Waals surface area contributed by atoms with Crippen LogP contribution in [0.2, 0.25) is 0 Å². The third-order valence-electron chi connectivity index (χ3n) is 4.67. The maximum atomic E-state index is 12.5. The first-order valence-corrected chi connectivity index (χ1v) is 10.0. The Hall–Kier alpha value is -4.26. The van der Waals surface area contributed by atoms with Gasteiger partial charge in [0.15, 0.2) is 0 Å². The van der Waals surface area contributed by atoms with E-state index in [0.717, 1.165) is 16.7 Å². The van der Waals surface area contributed by atoms with Crippen LogP contribution in [0, 0.1) is 6.92 Å². The minimum atomic E-state index is -0.533. The predicted octanol–water partition coefficient (Wildman–Crippen LogP) is 6.13. The fourth-order valence-electron chi connectivity index (χ4n) is 3.09. The Morgan fingerprint density at radius 2 is 1.50 bits per heavy atom. The summed E-state index contributed by atoms with van der Waals surface area (Å²) in [5.74, 6) is 0.530. The summed E-state index contributed by atoms with van der Waals surface area (Å²) < 4.78 is 16.0. The highest BCUT2D eigenvalue weighted by molar-refractivity contribution is 5.92. The Bertz CT molecular complexity index is 1340. The zero-order valence-corrected chi connectivity index (χ0v) is 17.6. The van der Waals surface area contributed by atoms with Crippen LogP contribution in [-0.4, -0.2) is 12.6 Å². The maximum absolute atomic E-state index is 12.5. The fourth-order valence-corrected chi connectivity index (χ4v) is 3.09. The maximum Gasteiger partial charge on any atom is 0.343 e. The Morgan fingerprint density at radius 1 is 0.875 bits per heavy atom. The van der Waals surface area contributed by atoms with E-state index in [1.54, 1.807) is 36.4 Å². The first kappa shape index (κ1) is 21.0. The van der Waals surface area contributed by atoms with Crippen LogP contribution in [0.4, 0.5) is 11.4 Å². The Morgan fingerprint density at radius 3 is 2.16 bits per heavy atom. The Kier molecular flexibility index (Phi) is 6.07. The van der Waals surface area contributed by atoms with E-state index in [1.807, 2.05) is 38.1 Å². The number of ether oxygens (including phenoxy) is 2. The van der Waals surface area contributed by atoms with Crippen LogP contribution in [-0.2, 0) is 0 Å². The molecule has 0 atom stereocenters.